The molecule has 0 aliphatic carbocycles. The lowest BCUT2D eigenvalue weighted by Gasteiger charge is -2.27. The molecule has 0 saturated carbocycles. The molecule has 1 fully saturated rings. The molecule has 17 heavy (non-hydrogen) atoms. The average Bonchev–Trinajstić information content (AvgIpc) is 2.34. The van der Waals surface area contributed by atoms with Gasteiger partial charge in [-0.25, -0.2) is 0 Å². The van der Waals surface area contributed by atoms with Gasteiger partial charge < -0.3 is 15.4 Å². The highest BCUT2D eigenvalue weighted by atomic mass is 16.5. The molecule has 0 amide bonds. The quantitative estimate of drug-likeness (QED) is 0.763. The Hall–Kier alpha value is -1.22. The summed E-state index contributed by atoms with van der Waals surface area (Å²) in [4.78, 5) is 1.68. The predicted octanol–water partition coefficient (Wildman–Crippen LogP) is 0.962. The predicted molar refractivity (Wildman–Crippen MR) is 70.3 cm³/mol. The van der Waals surface area contributed by atoms with Gasteiger partial charge in [0.15, 0.2) is 0 Å². The van der Waals surface area contributed by atoms with Crippen molar-refractivity contribution in [2.75, 3.05) is 32.0 Å². The number of nitrogens with one attached hydrogen (secondary N) is 1. The van der Waals surface area contributed by atoms with Crippen molar-refractivity contribution in [3.63, 3.8) is 0 Å². The van der Waals surface area contributed by atoms with Crippen molar-refractivity contribution in [3.8, 4) is 5.75 Å². The zero-order chi connectivity index (χ0) is 12.1. The zero-order valence-electron chi connectivity index (χ0n) is 10.6. The molecule has 1 saturated heterocycles. The maximum atomic E-state index is 5.71. The van der Waals surface area contributed by atoms with Crippen LogP contribution in [0.5, 0.6) is 5.75 Å². The van der Waals surface area contributed by atoms with E-state index < -0.39 is 0 Å². The SMILES string of the molecule is CC1CC[NH+](CCOc2ccc(N)cc2)CC1. The first-order chi connectivity index (χ1) is 8.24. The second-order valence-electron chi connectivity index (χ2n) is 5.10. The lowest BCUT2D eigenvalue weighted by molar-refractivity contribution is -0.906. The van der Waals surface area contributed by atoms with Crippen LogP contribution >= 0.6 is 0 Å². The van der Waals surface area contributed by atoms with Crippen molar-refractivity contribution >= 4 is 5.69 Å². The van der Waals surface area contributed by atoms with E-state index in [-0.39, 0.29) is 0 Å². The fraction of sp³-hybridized carbons (Fsp3) is 0.571. The van der Waals surface area contributed by atoms with Crippen molar-refractivity contribution in [2.24, 2.45) is 5.92 Å². The molecule has 1 aliphatic heterocycles. The highest BCUT2D eigenvalue weighted by molar-refractivity contribution is 5.41. The third-order valence-corrected chi connectivity index (χ3v) is 3.59. The minimum Gasteiger partial charge on any atom is -0.488 e. The molecule has 0 atom stereocenters. The van der Waals surface area contributed by atoms with Crippen molar-refractivity contribution < 1.29 is 9.64 Å². The molecule has 3 N–H and O–H groups in total. The molecule has 1 aliphatic rings. The Bertz CT molecular complexity index is 329. The van der Waals surface area contributed by atoms with E-state index in [1.54, 1.807) is 4.90 Å². The molecule has 2 rings (SSSR count). The fourth-order valence-corrected chi connectivity index (χ4v) is 2.30. The zero-order valence-corrected chi connectivity index (χ0v) is 10.6. The largest absolute Gasteiger partial charge is 0.488 e. The number of likely N-dealkylation sites (tertiary alicyclic amines) is 1. The van der Waals surface area contributed by atoms with E-state index in [0.717, 1.165) is 30.5 Å². The third kappa shape index (κ3) is 3.93. The van der Waals surface area contributed by atoms with Crippen molar-refractivity contribution in [3.05, 3.63) is 24.3 Å². The fourth-order valence-electron chi connectivity index (χ4n) is 2.30. The number of nitrogens with two attached hydrogens (primary N) is 1. The molecule has 0 bridgehead atoms. The molecule has 0 unspecified atom stereocenters. The van der Waals surface area contributed by atoms with E-state index in [4.69, 9.17) is 10.5 Å². The molecule has 3 heteroatoms. The van der Waals surface area contributed by atoms with Crippen LogP contribution in [0.2, 0.25) is 0 Å². The third-order valence-electron chi connectivity index (χ3n) is 3.59. The van der Waals surface area contributed by atoms with Gasteiger partial charge >= 0.3 is 0 Å². The molecule has 3 nitrogen and oxygen atoms in total. The van der Waals surface area contributed by atoms with Crippen molar-refractivity contribution in [2.45, 2.75) is 19.8 Å². The summed E-state index contributed by atoms with van der Waals surface area (Å²) in [5, 5.41) is 0. The van der Waals surface area contributed by atoms with Crippen LogP contribution < -0.4 is 15.4 Å². The van der Waals surface area contributed by atoms with Gasteiger partial charge in [0.05, 0.1) is 13.1 Å². The van der Waals surface area contributed by atoms with Crippen LogP contribution in [-0.4, -0.2) is 26.2 Å². The number of anilines is 1. The van der Waals surface area contributed by atoms with Crippen LogP contribution in [0.4, 0.5) is 5.69 Å². The highest BCUT2D eigenvalue weighted by Crippen LogP contribution is 2.12. The molecule has 1 aromatic rings. The number of piperidine rings is 1. The van der Waals surface area contributed by atoms with Gasteiger partial charge in [-0.3, -0.25) is 0 Å². The van der Waals surface area contributed by atoms with Gasteiger partial charge in [0, 0.05) is 5.69 Å². The van der Waals surface area contributed by atoms with Crippen LogP contribution in [0.15, 0.2) is 24.3 Å². The summed E-state index contributed by atoms with van der Waals surface area (Å²) in [5.74, 6) is 1.83. The summed E-state index contributed by atoms with van der Waals surface area (Å²) >= 11 is 0. The first kappa shape index (κ1) is 12.2. The van der Waals surface area contributed by atoms with Crippen molar-refractivity contribution in [1.82, 2.24) is 0 Å². The monoisotopic (exact) mass is 235 g/mol. The lowest BCUT2D eigenvalue weighted by Crippen LogP contribution is -3.13. The van der Waals surface area contributed by atoms with E-state index in [2.05, 4.69) is 6.92 Å². The van der Waals surface area contributed by atoms with E-state index in [0.29, 0.717) is 0 Å². The molecule has 0 spiro atoms. The number of nitrogen functional groups attached to an aromatic ring is 1. The van der Waals surface area contributed by atoms with Gasteiger partial charge in [0.25, 0.3) is 0 Å². The van der Waals surface area contributed by atoms with Gasteiger partial charge in [-0.15, -0.1) is 0 Å². The summed E-state index contributed by atoms with van der Waals surface area (Å²) in [6, 6.07) is 7.63. The molecule has 0 aromatic heterocycles. The summed E-state index contributed by atoms with van der Waals surface area (Å²) in [5.41, 5.74) is 6.41. The minimum absolute atomic E-state index is 0.785. The number of hydrogen-bond acceptors (Lipinski definition) is 2. The molecular weight excluding hydrogens is 212 g/mol. The second-order valence-corrected chi connectivity index (χ2v) is 5.10. The number of quaternary nitrogens is 1. The van der Waals surface area contributed by atoms with E-state index in [1.165, 1.54) is 25.9 Å². The van der Waals surface area contributed by atoms with Crippen LogP contribution in [0.25, 0.3) is 0 Å². The van der Waals surface area contributed by atoms with Crippen LogP contribution in [0.1, 0.15) is 19.8 Å². The smallest absolute Gasteiger partial charge is 0.137 e. The molecular formula is C14H23N2O+. The average molecular weight is 235 g/mol. The summed E-state index contributed by atoms with van der Waals surface area (Å²) in [6.07, 6.45) is 2.72. The van der Waals surface area contributed by atoms with E-state index in [1.807, 2.05) is 24.3 Å². The number of ether oxygens (including phenoxy) is 1. The van der Waals surface area contributed by atoms with Gasteiger partial charge in [-0.1, -0.05) is 6.92 Å². The number of benzene rings is 1. The Kier molecular flexibility index (Phi) is 4.26. The molecule has 94 valence electrons. The minimum atomic E-state index is 0.785. The van der Waals surface area contributed by atoms with Gasteiger partial charge in [-0.05, 0) is 43.0 Å². The first-order valence-corrected chi connectivity index (χ1v) is 6.56. The van der Waals surface area contributed by atoms with E-state index in [9.17, 15) is 0 Å². The van der Waals surface area contributed by atoms with Crippen molar-refractivity contribution in [1.29, 1.82) is 0 Å². The Morgan fingerprint density at radius 2 is 1.88 bits per heavy atom. The van der Waals surface area contributed by atoms with Crippen LogP contribution in [0, 0.1) is 5.92 Å². The van der Waals surface area contributed by atoms with Gasteiger partial charge in [0.2, 0.25) is 0 Å². The number of hydrogen-bond donors (Lipinski definition) is 2. The Morgan fingerprint density at radius 1 is 1.24 bits per heavy atom. The second kappa shape index (κ2) is 5.92. The Morgan fingerprint density at radius 3 is 2.53 bits per heavy atom. The summed E-state index contributed by atoms with van der Waals surface area (Å²) < 4.78 is 5.71. The normalized spacial score (nSPS) is 24.5. The topological polar surface area (TPSA) is 39.7 Å². The van der Waals surface area contributed by atoms with Gasteiger partial charge in [-0.2, -0.15) is 0 Å². The maximum Gasteiger partial charge on any atom is 0.137 e. The standard InChI is InChI=1S/C14H22N2O/c1-12-6-8-16(9-7-12)10-11-17-14-4-2-13(15)3-5-14/h2-5,12H,6-11,15H2,1H3/p+1. The molecule has 1 aromatic carbocycles. The lowest BCUT2D eigenvalue weighted by atomic mass is 9.99. The summed E-state index contributed by atoms with van der Waals surface area (Å²) in [7, 11) is 0. The van der Waals surface area contributed by atoms with E-state index >= 15 is 0 Å². The highest BCUT2D eigenvalue weighted by Gasteiger charge is 2.18. The summed E-state index contributed by atoms with van der Waals surface area (Å²) in [6.45, 7) is 6.85. The molecule has 1 heterocycles. The molecule has 0 radical (unpaired) electrons. The van der Waals surface area contributed by atoms with Gasteiger partial charge in [0.1, 0.15) is 18.9 Å². The Balaban J connectivity index is 1.67. The Labute approximate surface area is 104 Å². The first-order valence-electron chi connectivity index (χ1n) is 6.56. The van der Waals surface area contributed by atoms with Crippen LogP contribution in [-0.2, 0) is 0 Å². The number of rotatable bonds is 4. The van der Waals surface area contributed by atoms with Crippen LogP contribution in [0.3, 0.4) is 0 Å². The maximum absolute atomic E-state index is 5.71.